The maximum Gasteiger partial charge on any atom is 0.333 e. The summed E-state index contributed by atoms with van der Waals surface area (Å²) in [4.78, 5) is 11.0. The summed E-state index contributed by atoms with van der Waals surface area (Å²) in [5.41, 5.74) is 0.625. The number of carboxylic acids is 1. The molecule has 17 heavy (non-hydrogen) atoms. The van der Waals surface area contributed by atoms with Gasteiger partial charge in [0, 0.05) is 0 Å². The molecule has 0 amide bonds. The molecule has 2 N–H and O–H groups in total. The fourth-order valence-corrected chi connectivity index (χ4v) is 3.95. The van der Waals surface area contributed by atoms with Crippen molar-refractivity contribution in [1.29, 1.82) is 0 Å². The lowest BCUT2D eigenvalue weighted by Crippen LogP contribution is -2.31. The van der Waals surface area contributed by atoms with E-state index in [-0.39, 0.29) is 23.0 Å². The first kappa shape index (κ1) is 12.6. The van der Waals surface area contributed by atoms with Crippen molar-refractivity contribution in [2.75, 3.05) is 6.61 Å². The molecule has 0 aliphatic heterocycles. The average Bonchev–Trinajstić information content (AvgIpc) is 2.57. The molecule has 0 aromatic rings. The molecular weight excluding hydrogens is 216 g/mol. The Balaban J connectivity index is 2.29. The number of hydrogen-bond donors (Lipinski definition) is 2. The fraction of sp³-hybridized carbons (Fsp3) is 0.786. The zero-order valence-corrected chi connectivity index (χ0v) is 10.9. The lowest BCUT2D eigenvalue weighted by Gasteiger charge is -2.38. The SMILES string of the molecule is CC1(C)C2CCC1(C)C(C=C(CO)C(=O)O)C2. The zero-order chi connectivity index (χ0) is 12.8. The number of allylic oxidation sites excluding steroid dienone is 1. The van der Waals surface area contributed by atoms with Crippen LogP contribution in [0.2, 0.25) is 0 Å². The Morgan fingerprint density at radius 2 is 2.06 bits per heavy atom. The summed E-state index contributed by atoms with van der Waals surface area (Å²) in [5.74, 6) is 0.00803. The maximum absolute atomic E-state index is 11.0. The van der Waals surface area contributed by atoms with Gasteiger partial charge in [-0.05, 0) is 41.9 Å². The third-order valence-electron chi connectivity index (χ3n) is 5.71. The minimum Gasteiger partial charge on any atom is -0.478 e. The highest BCUT2D eigenvalue weighted by atomic mass is 16.4. The molecule has 3 atom stereocenters. The van der Waals surface area contributed by atoms with Gasteiger partial charge in [-0.3, -0.25) is 0 Å². The molecule has 0 radical (unpaired) electrons. The Kier molecular flexibility index (Phi) is 2.85. The summed E-state index contributed by atoms with van der Waals surface area (Å²) in [6.45, 7) is 6.51. The van der Waals surface area contributed by atoms with Crippen molar-refractivity contribution in [2.24, 2.45) is 22.7 Å². The van der Waals surface area contributed by atoms with Crippen molar-refractivity contribution in [2.45, 2.75) is 40.0 Å². The quantitative estimate of drug-likeness (QED) is 0.742. The second kappa shape index (κ2) is 3.84. The van der Waals surface area contributed by atoms with Crippen LogP contribution in [0, 0.1) is 22.7 Å². The third kappa shape index (κ3) is 1.63. The molecule has 2 fully saturated rings. The van der Waals surface area contributed by atoms with Crippen LogP contribution in [0.3, 0.4) is 0 Å². The summed E-state index contributed by atoms with van der Waals surface area (Å²) in [5, 5.41) is 18.1. The predicted molar refractivity (Wildman–Crippen MR) is 65.5 cm³/mol. The van der Waals surface area contributed by atoms with Gasteiger partial charge in [0.15, 0.2) is 0 Å². The van der Waals surface area contributed by atoms with Crippen molar-refractivity contribution >= 4 is 5.97 Å². The van der Waals surface area contributed by atoms with Crippen LogP contribution in [0.15, 0.2) is 11.6 Å². The molecule has 0 aromatic heterocycles. The zero-order valence-electron chi connectivity index (χ0n) is 10.9. The molecule has 96 valence electrons. The van der Waals surface area contributed by atoms with Gasteiger partial charge in [0.25, 0.3) is 0 Å². The number of aliphatic hydroxyl groups is 1. The number of carbonyl (C=O) groups is 1. The number of aliphatic hydroxyl groups excluding tert-OH is 1. The second-order valence-corrected chi connectivity index (χ2v) is 6.37. The molecule has 0 spiro atoms. The van der Waals surface area contributed by atoms with Gasteiger partial charge in [-0.25, -0.2) is 4.79 Å². The van der Waals surface area contributed by atoms with Gasteiger partial charge in [0.2, 0.25) is 0 Å². The van der Waals surface area contributed by atoms with Crippen LogP contribution >= 0.6 is 0 Å². The summed E-state index contributed by atoms with van der Waals surface area (Å²) < 4.78 is 0. The van der Waals surface area contributed by atoms with E-state index < -0.39 is 5.97 Å². The predicted octanol–water partition coefficient (Wildman–Crippen LogP) is 2.45. The van der Waals surface area contributed by atoms with E-state index in [0.29, 0.717) is 11.8 Å². The monoisotopic (exact) mass is 238 g/mol. The van der Waals surface area contributed by atoms with Crippen LogP contribution in [0.5, 0.6) is 0 Å². The van der Waals surface area contributed by atoms with E-state index >= 15 is 0 Å². The number of hydrogen-bond acceptors (Lipinski definition) is 2. The Labute approximate surface area is 103 Å². The molecule has 2 saturated carbocycles. The highest BCUT2D eigenvalue weighted by Gasteiger charge is 2.60. The van der Waals surface area contributed by atoms with Crippen molar-refractivity contribution in [3.63, 3.8) is 0 Å². The second-order valence-electron chi connectivity index (χ2n) is 6.37. The highest BCUT2D eigenvalue weighted by molar-refractivity contribution is 5.86. The summed E-state index contributed by atoms with van der Waals surface area (Å²) in [6, 6.07) is 0. The molecular formula is C14H22O3. The summed E-state index contributed by atoms with van der Waals surface area (Å²) >= 11 is 0. The Morgan fingerprint density at radius 3 is 2.41 bits per heavy atom. The normalized spacial score (nSPS) is 39.6. The maximum atomic E-state index is 11.0. The van der Waals surface area contributed by atoms with E-state index in [1.165, 1.54) is 12.8 Å². The van der Waals surface area contributed by atoms with Gasteiger partial charge in [-0.15, -0.1) is 0 Å². The van der Waals surface area contributed by atoms with E-state index in [1.807, 2.05) is 6.08 Å². The molecule has 2 rings (SSSR count). The standard InChI is InChI=1S/C14H22O3/c1-13(2)10-4-5-14(13,3)11(7-10)6-9(8-15)12(16)17/h6,10-11,15H,4-5,7-8H2,1-3H3,(H,16,17). The van der Waals surface area contributed by atoms with Crippen molar-refractivity contribution < 1.29 is 15.0 Å². The number of aliphatic carboxylic acids is 1. The molecule has 2 aliphatic rings. The van der Waals surface area contributed by atoms with Gasteiger partial charge in [0.1, 0.15) is 0 Å². The molecule has 3 heteroatoms. The minimum absolute atomic E-state index is 0.152. The first-order chi connectivity index (χ1) is 7.83. The van der Waals surface area contributed by atoms with Gasteiger partial charge >= 0.3 is 5.97 Å². The lowest BCUT2D eigenvalue weighted by atomic mass is 9.66. The molecule has 0 aromatic carbocycles. The molecule has 0 saturated heterocycles. The highest BCUT2D eigenvalue weighted by Crippen LogP contribution is 2.68. The van der Waals surface area contributed by atoms with E-state index in [1.54, 1.807) is 0 Å². The van der Waals surface area contributed by atoms with Gasteiger partial charge in [-0.2, -0.15) is 0 Å². The van der Waals surface area contributed by atoms with E-state index in [4.69, 9.17) is 10.2 Å². The van der Waals surface area contributed by atoms with E-state index in [9.17, 15) is 4.79 Å². The minimum atomic E-state index is -0.989. The van der Waals surface area contributed by atoms with Crippen LogP contribution in [0.4, 0.5) is 0 Å². The molecule has 3 unspecified atom stereocenters. The van der Waals surface area contributed by atoms with Crippen LogP contribution in [-0.4, -0.2) is 22.8 Å². The van der Waals surface area contributed by atoms with Crippen LogP contribution in [0.25, 0.3) is 0 Å². The van der Waals surface area contributed by atoms with Crippen LogP contribution in [-0.2, 0) is 4.79 Å². The summed E-state index contributed by atoms with van der Waals surface area (Å²) in [7, 11) is 0. The Bertz CT molecular complexity index is 370. The first-order valence-corrected chi connectivity index (χ1v) is 6.38. The topological polar surface area (TPSA) is 57.5 Å². The third-order valence-corrected chi connectivity index (χ3v) is 5.71. The number of carboxylic acid groups (broad SMARTS) is 1. The first-order valence-electron chi connectivity index (χ1n) is 6.38. The van der Waals surface area contributed by atoms with E-state index in [0.717, 1.165) is 6.42 Å². The van der Waals surface area contributed by atoms with Crippen molar-refractivity contribution in [3.8, 4) is 0 Å². The number of fused-ring (bicyclic) bond motifs is 2. The smallest absolute Gasteiger partial charge is 0.333 e. The van der Waals surface area contributed by atoms with Crippen molar-refractivity contribution in [1.82, 2.24) is 0 Å². The summed E-state index contributed by atoms with van der Waals surface area (Å²) in [6.07, 6.45) is 5.31. The lowest BCUT2D eigenvalue weighted by molar-refractivity contribution is -0.133. The van der Waals surface area contributed by atoms with Crippen LogP contribution in [0.1, 0.15) is 40.0 Å². The average molecular weight is 238 g/mol. The molecule has 2 bridgehead atoms. The number of rotatable bonds is 3. The van der Waals surface area contributed by atoms with Gasteiger partial charge in [0.05, 0.1) is 12.2 Å². The van der Waals surface area contributed by atoms with Crippen molar-refractivity contribution in [3.05, 3.63) is 11.6 Å². The van der Waals surface area contributed by atoms with Crippen LogP contribution < -0.4 is 0 Å². The largest absolute Gasteiger partial charge is 0.478 e. The fourth-order valence-electron chi connectivity index (χ4n) is 3.95. The molecule has 3 nitrogen and oxygen atoms in total. The Morgan fingerprint density at radius 1 is 1.41 bits per heavy atom. The molecule has 2 aliphatic carbocycles. The Hall–Kier alpha value is -0.830. The van der Waals surface area contributed by atoms with E-state index in [2.05, 4.69) is 20.8 Å². The molecule has 0 heterocycles. The van der Waals surface area contributed by atoms with Gasteiger partial charge in [-0.1, -0.05) is 26.8 Å². The van der Waals surface area contributed by atoms with Gasteiger partial charge < -0.3 is 10.2 Å².